The predicted molar refractivity (Wildman–Crippen MR) is 237 cm³/mol. The van der Waals surface area contributed by atoms with E-state index in [0.29, 0.717) is 22.7 Å². The molecule has 0 heterocycles. The second kappa shape index (κ2) is 12.5. The third-order valence-electron chi connectivity index (χ3n) is 16.2. The van der Waals surface area contributed by atoms with Crippen molar-refractivity contribution in [2.24, 2.45) is 29.1 Å². The van der Waals surface area contributed by atoms with E-state index in [1.165, 1.54) is 84.0 Å². The molecule has 286 valence electrons. The van der Waals surface area contributed by atoms with Crippen molar-refractivity contribution in [3.05, 3.63) is 192 Å². The van der Waals surface area contributed by atoms with Crippen molar-refractivity contribution in [3.63, 3.8) is 0 Å². The van der Waals surface area contributed by atoms with Gasteiger partial charge in [0.1, 0.15) is 5.82 Å². The van der Waals surface area contributed by atoms with Crippen LogP contribution in [0.15, 0.2) is 164 Å². The van der Waals surface area contributed by atoms with Gasteiger partial charge in [-0.2, -0.15) is 0 Å². The second-order valence-corrected chi connectivity index (χ2v) is 19.4. The molecule has 6 aromatic rings. The molecule has 1 spiro atoms. The van der Waals surface area contributed by atoms with E-state index in [4.69, 9.17) is 0 Å². The largest absolute Gasteiger partial charge is 0.310 e. The zero-order chi connectivity index (χ0) is 38.8. The Balaban J connectivity index is 0.865. The summed E-state index contributed by atoms with van der Waals surface area (Å²) in [6, 6.07) is 52.0. The summed E-state index contributed by atoms with van der Waals surface area (Å²) in [6.07, 6.45) is 16.4. The van der Waals surface area contributed by atoms with Gasteiger partial charge in [-0.25, -0.2) is 4.39 Å². The van der Waals surface area contributed by atoms with Crippen LogP contribution in [0.25, 0.3) is 27.8 Å². The molecular weight excluding hydrogens is 706 g/mol. The SMILES string of the molecule is CC1(C)c2cc(N(c3ccc(-c4ccccc4)cc3)c3ccc(-c4ccc(F)cc4)cc3)ccc2C2C=CC(c3ccc(C45CC6CC7CC(C4)C7(C6)C5)cc3)=CC21. The fraction of sp³-hybridized carbons (Fsp3) is 0.286. The highest BCUT2D eigenvalue weighted by Crippen LogP contribution is 2.79. The first-order valence-corrected chi connectivity index (χ1v) is 21.7. The Morgan fingerprint density at radius 3 is 1.90 bits per heavy atom. The molecule has 0 saturated heterocycles. The molecule has 58 heavy (non-hydrogen) atoms. The topological polar surface area (TPSA) is 3.24 Å². The van der Waals surface area contributed by atoms with E-state index in [9.17, 15) is 4.39 Å². The predicted octanol–water partition coefficient (Wildman–Crippen LogP) is 14.7. The molecule has 4 fully saturated rings. The maximum atomic E-state index is 13.7. The highest BCUT2D eigenvalue weighted by Gasteiger charge is 2.70. The van der Waals surface area contributed by atoms with Gasteiger partial charge >= 0.3 is 0 Å². The molecule has 0 amide bonds. The van der Waals surface area contributed by atoms with E-state index < -0.39 is 0 Å². The molecule has 0 radical (unpaired) electrons. The molecule has 6 aliphatic carbocycles. The smallest absolute Gasteiger partial charge is 0.123 e. The van der Waals surface area contributed by atoms with E-state index in [-0.39, 0.29) is 11.2 Å². The summed E-state index contributed by atoms with van der Waals surface area (Å²) in [5.41, 5.74) is 16.1. The summed E-state index contributed by atoms with van der Waals surface area (Å²) >= 11 is 0. The lowest BCUT2D eigenvalue weighted by Crippen LogP contribution is -2.42. The van der Waals surface area contributed by atoms with Crippen molar-refractivity contribution in [3.8, 4) is 22.3 Å². The van der Waals surface area contributed by atoms with Crippen LogP contribution in [0.2, 0.25) is 0 Å². The minimum absolute atomic E-state index is 0.0550. The Hall–Kier alpha value is -5.47. The van der Waals surface area contributed by atoms with E-state index in [2.05, 4.69) is 158 Å². The Morgan fingerprint density at radius 1 is 0.586 bits per heavy atom. The van der Waals surface area contributed by atoms with Crippen molar-refractivity contribution in [2.45, 2.75) is 69.1 Å². The molecule has 6 aliphatic rings. The lowest BCUT2D eigenvalue weighted by atomic mass is 9.55. The summed E-state index contributed by atoms with van der Waals surface area (Å²) < 4.78 is 13.7. The highest BCUT2D eigenvalue weighted by atomic mass is 19.1. The summed E-state index contributed by atoms with van der Waals surface area (Å²) in [7, 11) is 0. The first-order valence-electron chi connectivity index (χ1n) is 21.7. The van der Waals surface area contributed by atoms with Crippen LogP contribution in [0.3, 0.4) is 0 Å². The number of nitrogens with zero attached hydrogens (tertiary/aromatic N) is 1. The zero-order valence-corrected chi connectivity index (χ0v) is 33.5. The van der Waals surface area contributed by atoms with Gasteiger partial charge in [-0.15, -0.1) is 0 Å². The van der Waals surface area contributed by atoms with E-state index in [0.717, 1.165) is 45.9 Å². The normalized spacial score (nSPS) is 29.0. The standard InChI is InChI=1S/C56H50FN/c1-54(2)52-29-42(41-8-17-43(18-9-41)55-32-36-28-44-30-45(34-55)56(44,33-36)35-55)16-26-50(52)51-27-25-49(31-53(51)54)58(47-21-12-39(13-22-47)37-6-4-3-5-7-37)48-23-14-40(15-24-48)38-10-19-46(57)20-11-38/h3-27,29,31,36,44-45,50,52H,28,30,32-35H2,1-2H3. The van der Waals surface area contributed by atoms with E-state index >= 15 is 0 Å². The van der Waals surface area contributed by atoms with Crippen LogP contribution >= 0.6 is 0 Å². The molecule has 6 aromatic carbocycles. The third kappa shape index (κ3) is 5.12. The van der Waals surface area contributed by atoms with Crippen molar-refractivity contribution in [2.75, 3.05) is 4.90 Å². The Kier molecular flexibility index (Phi) is 7.46. The average molecular weight is 756 g/mol. The maximum absolute atomic E-state index is 13.7. The minimum Gasteiger partial charge on any atom is -0.310 e. The fourth-order valence-electron chi connectivity index (χ4n) is 13.6. The number of benzene rings is 6. The summed E-state index contributed by atoms with van der Waals surface area (Å²) in [5, 5.41) is 0. The van der Waals surface area contributed by atoms with Crippen LogP contribution in [0.4, 0.5) is 21.5 Å². The second-order valence-electron chi connectivity index (χ2n) is 19.4. The van der Waals surface area contributed by atoms with Gasteiger partial charge in [0.25, 0.3) is 0 Å². The van der Waals surface area contributed by atoms with Gasteiger partial charge in [-0.3, -0.25) is 0 Å². The Bertz CT molecular complexity index is 2610. The molecular formula is C56H50FN. The molecule has 2 heteroatoms. The number of hydrogen-bond donors (Lipinski definition) is 0. The van der Waals surface area contributed by atoms with Crippen molar-refractivity contribution < 1.29 is 4.39 Å². The van der Waals surface area contributed by atoms with Gasteiger partial charge in [0, 0.05) is 23.0 Å². The average Bonchev–Trinajstić information content (AvgIpc) is 3.70. The van der Waals surface area contributed by atoms with Crippen LogP contribution < -0.4 is 4.90 Å². The van der Waals surface area contributed by atoms with E-state index in [1.54, 1.807) is 5.56 Å². The number of fused-ring (bicyclic) bond motifs is 5. The van der Waals surface area contributed by atoms with Crippen LogP contribution in [-0.2, 0) is 10.8 Å². The summed E-state index contributed by atoms with van der Waals surface area (Å²) in [6.45, 7) is 4.90. The van der Waals surface area contributed by atoms with Gasteiger partial charge < -0.3 is 4.90 Å². The monoisotopic (exact) mass is 755 g/mol. The molecule has 7 atom stereocenters. The van der Waals surface area contributed by atoms with E-state index in [1.807, 2.05) is 12.1 Å². The third-order valence-corrected chi connectivity index (χ3v) is 16.2. The Morgan fingerprint density at radius 2 is 1.21 bits per heavy atom. The Labute approximate surface area is 343 Å². The molecule has 0 N–H and O–H groups in total. The van der Waals surface area contributed by atoms with Crippen LogP contribution in [0, 0.1) is 34.9 Å². The van der Waals surface area contributed by atoms with Gasteiger partial charge in [-0.1, -0.05) is 129 Å². The number of hydrogen-bond acceptors (Lipinski definition) is 1. The summed E-state index contributed by atoms with van der Waals surface area (Å²) in [5.74, 6) is 3.52. The molecule has 12 rings (SSSR count). The number of rotatable bonds is 7. The lowest BCUT2D eigenvalue weighted by molar-refractivity contribution is -0.000160. The van der Waals surface area contributed by atoms with Crippen LogP contribution in [0.1, 0.15) is 80.5 Å². The minimum atomic E-state index is -0.219. The van der Waals surface area contributed by atoms with Gasteiger partial charge in [0.15, 0.2) is 0 Å². The molecule has 3 bridgehead atoms. The molecule has 0 aromatic heterocycles. The number of halogens is 1. The number of anilines is 3. The number of allylic oxidation sites excluding steroid dienone is 4. The zero-order valence-electron chi connectivity index (χ0n) is 33.5. The van der Waals surface area contributed by atoms with Gasteiger partial charge in [0.05, 0.1) is 0 Å². The van der Waals surface area contributed by atoms with Gasteiger partial charge in [-0.05, 0) is 177 Å². The highest BCUT2D eigenvalue weighted by molar-refractivity contribution is 5.82. The van der Waals surface area contributed by atoms with Crippen LogP contribution in [-0.4, -0.2) is 0 Å². The maximum Gasteiger partial charge on any atom is 0.123 e. The molecule has 4 saturated carbocycles. The fourth-order valence-corrected chi connectivity index (χ4v) is 13.6. The first kappa shape index (κ1) is 34.6. The molecule has 0 aliphatic heterocycles. The molecule has 1 nitrogen and oxygen atoms in total. The summed E-state index contributed by atoms with van der Waals surface area (Å²) in [4.78, 5) is 2.38. The van der Waals surface area contributed by atoms with Crippen LogP contribution in [0.5, 0.6) is 0 Å². The first-order chi connectivity index (χ1) is 28.3. The van der Waals surface area contributed by atoms with Gasteiger partial charge in [0.2, 0.25) is 0 Å². The van der Waals surface area contributed by atoms with Crippen molar-refractivity contribution >= 4 is 22.6 Å². The molecule has 7 unspecified atom stereocenters. The van der Waals surface area contributed by atoms with Crippen molar-refractivity contribution in [1.82, 2.24) is 0 Å². The van der Waals surface area contributed by atoms with Crippen molar-refractivity contribution in [1.29, 1.82) is 0 Å². The lowest BCUT2D eigenvalue weighted by Gasteiger charge is -2.49. The quantitative estimate of drug-likeness (QED) is 0.157.